The van der Waals surface area contributed by atoms with Gasteiger partial charge in [0.25, 0.3) is 0 Å². The Labute approximate surface area is 149 Å². The maximum Gasteiger partial charge on any atom is 0.233 e. The van der Waals surface area contributed by atoms with Crippen LogP contribution in [-0.2, 0) is 17.0 Å². The first-order chi connectivity index (χ1) is 11.6. The van der Waals surface area contributed by atoms with E-state index in [1.807, 2.05) is 24.3 Å². The highest BCUT2D eigenvalue weighted by molar-refractivity contribution is 8.13. The molecule has 3 rings (SSSR count). The fraction of sp³-hybridized carbons (Fsp3) is 0.222. The predicted molar refractivity (Wildman–Crippen MR) is 96.9 cm³/mol. The van der Waals surface area contributed by atoms with Crippen molar-refractivity contribution in [3.63, 3.8) is 0 Å². The molecule has 6 heteroatoms. The zero-order valence-electron chi connectivity index (χ0n) is 12.9. The number of rotatable bonds is 4. The molecule has 1 amide bonds. The van der Waals surface area contributed by atoms with Crippen LogP contribution in [0.3, 0.4) is 0 Å². The maximum absolute atomic E-state index is 12.9. The molecule has 0 unspecified atom stereocenters. The van der Waals surface area contributed by atoms with Gasteiger partial charge in [-0.25, -0.2) is 4.39 Å². The van der Waals surface area contributed by atoms with Gasteiger partial charge in [0.05, 0.1) is 13.0 Å². The smallest absolute Gasteiger partial charge is 0.233 e. The Morgan fingerprint density at radius 2 is 2.00 bits per heavy atom. The number of hydrogen-bond acceptors (Lipinski definition) is 3. The van der Waals surface area contributed by atoms with Crippen molar-refractivity contribution < 1.29 is 9.18 Å². The van der Waals surface area contributed by atoms with Crippen LogP contribution in [-0.4, -0.2) is 29.1 Å². The summed E-state index contributed by atoms with van der Waals surface area (Å²) in [4.78, 5) is 18.6. The number of nitrogens with zero attached hydrogens (tertiary/aromatic N) is 2. The Bertz CT molecular complexity index is 764. The van der Waals surface area contributed by atoms with Crippen molar-refractivity contribution in [1.82, 2.24) is 4.90 Å². The molecule has 0 aromatic heterocycles. The van der Waals surface area contributed by atoms with Crippen LogP contribution in [0, 0.1) is 5.82 Å². The second-order valence-corrected chi connectivity index (χ2v) is 6.81. The van der Waals surface area contributed by atoms with E-state index in [0.29, 0.717) is 23.9 Å². The lowest BCUT2D eigenvalue weighted by molar-refractivity contribution is -0.126. The van der Waals surface area contributed by atoms with Crippen molar-refractivity contribution in [2.45, 2.75) is 12.2 Å². The summed E-state index contributed by atoms with van der Waals surface area (Å²) in [5.74, 6) is 0.392. The fourth-order valence-corrected chi connectivity index (χ4v) is 3.65. The molecule has 1 aliphatic rings. The average Bonchev–Trinajstić information content (AvgIpc) is 3.04. The van der Waals surface area contributed by atoms with Gasteiger partial charge in [-0.3, -0.25) is 14.7 Å². The molecular weight excluding hydrogens is 347 g/mol. The molecule has 2 aromatic carbocycles. The summed E-state index contributed by atoms with van der Waals surface area (Å²) in [6.45, 7) is 1.21. The highest BCUT2D eigenvalue weighted by Crippen LogP contribution is 2.22. The summed E-state index contributed by atoms with van der Waals surface area (Å²) in [6, 6.07) is 13.7. The molecule has 0 radical (unpaired) electrons. The number of halogens is 2. The van der Waals surface area contributed by atoms with Crippen molar-refractivity contribution in [3.8, 4) is 0 Å². The molecule has 0 saturated heterocycles. The van der Waals surface area contributed by atoms with Gasteiger partial charge in [0.15, 0.2) is 5.17 Å². The number of amides is 1. The van der Waals surface area contributed by atoms with Gasteiger partial charge in [0.2, 0.25) is 5.91 Å². The topological polar surface area (TPSA) is 32.7 Å². The molecule has 0 aliphatic carbocycles. The molecule has 0 spiro atoms. The Hall–Kier alpha value is -1.85. The third-order valence-corrected chi connectivity index (χ3v) is 4.95. The molecule has 3 nitrogen and oxygen atoms in total. The number of thioether (sulfide) groups is 1. The second kappa shape index (κ2) is 7.81. The molecule has 2 aromatic rings. The van der Waals surface area contributed by atoms with Crippen molar-refractivity contribution in [3.05, 3.63) is 70.5 Å². The first kappa shape index (κ1) is 17.0. The minimum atomic E-state index is -0.299. The Balaban J connectivity index is 1.60. The van der Waals surface area contributed by atoms with Crippen molar-refractivity contribution in [2.75, 3.05) is 13.1 Å². The van der Waals surface area contributed by atoms with Crippen molar-refractivity contribution in [1.29, 1.82) is 0 Å². The summed E-state index contributed by atoms with van der Waals surface area (Å²) in [5.41, 5.74) is 1.89. The van der Waals surface area contributed by atoms with Crippen LogP contribution in [0.5, 0.6) is 0 Å². The number of carbonyl (C=O) groups is 1. The third kappa shape index (κ3) is 4.36. The highest BCUT2D eigenvalue weighted by Gasteiger charge is 2.24. The summed E-state index contributed by atoms with van der Waals surface area (Å²) in [7, 11) is 0. The van der Waals surface area contributed by atoms with E-state index in [9.17, 15) is 9.18 Å². The van der Waals surface area contributed by atoms with Gasteiger partial charge in [-0.05, 0) is 35.4 Å². The van der Waals surface area contributed by atoms with Crippen LogP contribution in [0.4, 0.5) is 4.39 Å². The summed E-state index contributed by atoms with van der Waals surface area (Å²) < 4.78 is 12.9. The predicted octanol–water partition coefficient (Wildman–Crippen LogP) is 4.15. The van der Waals surface area contributed by atoms with E-state index < -0.39 is 0 Å². The van der Waals surface area contributed by atoms with Crippen molar-refractivity contribution in [2.24, 2.45) is 4.99 Å². The summed E-state index contributed by atoms with van der Waals surface area (Å²) in [5, 5.41) is 1.44. The minimum absolute atomic E-state index is 0.0172. The lowest BCUT2D eigenvalue weighted by Crippen LogP contribution is -2.34. The molecule has 0 bridgehead atoms. The lowest BCUT2D eigenvalue weighted by atomic mass is 10.1. The van der Waals surface area contributed by atoms with E-state index in [1.165, 1.54) is 23.9 Å². The molecule has 0 fully saturated rings. The zero-order valence-corrected chi connectivity index (χ0v) is 14.5. The van der Waals surface area contributed by atoms with Crippen molar-refractivity contribution >= 4 is 34.4 Å². The van der Waals surface area contributed by atoms with Crippen LogP contribution in [0.25, 0.3) is 0 Å². The third-order valence-electron chi connectivity index (χ3n) is 3.63. The Kier molecular flexibility index (Phi) is 5.53. The van der Waals surface area contributed by atoms with Gasteiger partial charge >= 0.3 is 0 Å². The Morgan fingerprint density at radius 1 is 1.21 bits per heavy atom. The number of hydrogen-bond donors (Lipinski definition) is 0. The van der Waals surface area contributed by atoms with Gasteiger partial charge in [0, 0.05) is 17.3 Å². The standard InChI is InChI=1S/C18H16ClFN2OS/c19-15-3-1-2-14(10-15)12-24-18-21-8-9-22(18)17(23)11-13-4-6-16(20)7-5-13/h1-7,10H,8-9,11-12H2. The quantitative estimate of drug-likeness (QED) is 0.818. The number of carbonyl (C=O) groups excluding carboxylic acids is 1. The molecule has 24 heavy (non-hydrogen) atoms. The fourth-order valence-electron chi connectivity index (χ4n) is 2.43. The van der Waals surface area contributed by atoms with Crippen LogP contribution < -0.4 is 0 Å². The summed E-state index contributed by atoms with van der Waals surface area (Å²) >= 11 is 7.52. The molecule has 0 atom stereocenters. The van der Waals surface area contributed by atoms with Crippen LogP contribution in [0.1, 0.15) is 11.1 Å². The van der Waals surface area contributed by atoms with E-state index in [1.54, 1.807) is 17.0 Å². The van der Waals surface area contributed by atoms with Crippen LogP contribution in [0.15, 0.2) is 53.5 Å². The normalized spacial score (nSPS) is 13.9. The SMILES string of the molecule is O=C(Cc1ccc(F)cc1)N1CCN=C1SCc1cccc(Cl)c1. The molecule has 1 aliphatic heterocycles. The van der Waals surface area contributed by atoms with Crippen LogP contribution >= 0.6 is 23.4 Å². The monoisotopic (exact) mass is 362 g/mol. The maximum atomic E-state index is 12.9. The van der Waals surface area contributed by atoms with E-state index >= 15 is 0 Å². The van der Waals surface area contributed by atoms with Gasteiger partial charge < -0.3 is 0 Å². The van der Waals surface area contributed by atoms with E-state index in [0.717, 1.165) is 16.3 Å². The zero-order chi connectivity index (χ0) is 16.9. The lowest BCUT2D eigenvalue weighted by Gasteiger charge is -2.18. The second-order valence-electron chi connectivity index (χ2n) is 5.43. The molecule has 124 valence electrons. The van der Waals surface area contributed by atoms with Gasteiger partial charge in [0.1, 0.15) is 5.82 Å². The highest BCUT2D eigenvalue weighted by atomic mass is 35.5. The summed E-state index contributed by atoms with van der Waals surface area (Å²) in [6.07, 6.45) is 0.247. The molecule has 0 saturated carbocycles. The van der Waals surface area contributed by atoms with Crippen LogP contribution in [0.2, 0.25) is 5.02 Å². The molecule has 1 heterocycles. The molecule has 0 N–H and O–H groups in total. The Morgan fingerprint density at radius 3 is 2.75 bits per heavy atom. The minimum Gasteiger partial charge on any atom is -0.289 e. The molecular formula is C18H16ClFN2OS. The van der Waals surface area contributed by atoms with Gasteiger partial charge in [-0.1, -0.05) is 47.6 Å². The van der Waals surface area contributed by atoms with Gasteiger partial charge in [-0.2, -0.15) is 0 Å². The van der Waals surface area contributed by atoms with E-state index in [4.69, 9.17) is 11.6 Å². The first-order valence-electron chi connectivity index (χ1n) is 7.58. The largest absolute Gasteiger partial charge is 0.289 e. The number of benzene rings is 2. The number of amidine groups is 1. The van der Waals surface area contributed by atoms with E-state index in [-0.39, 0.29) is 18.1 Å². The average molecular weight is 363 g/mol. The van der Waals surface area contributed by atoms with E-state index in [2.05, 4.69) is 4.99 Å². The van der Waals surface area contributed by atoms with Gasteiger partial charge in [-0.15, -0.1) is 0 Å². The number of aliphatic imine (C=N–C) groups is 1. The first-order valence-corrected chi connectivity index (χ1v) is 8.95.